The molecule has 0 saturated carbocycles. The Kier molecular flexibility index (Phi) is 4.31. The molecule has 112 valence electrons. The smallest absolute Gasteiger partial charge is 0.235 e. The third kappa shape index (κ3) is 3.44. The van der Waals surface area contributed by atoms with Crippen molar-refractivity contribution < 1.29 is 21.9 Å². The lowest BCUT2D eigenvalue weighted by Gasteiger charge is -2.23. The number of anilines is 1. The van der Waals surface area contributed by atoms with Crippen LogP contribution in [0.1, 0.15) is 12.8 Å². The van der Waals surface area contributed by atoms with Crippen LogP contribution in [-0.4, -0.2) is 38.7 Å². The molecule has 0 aromatic heterocycles. The maximum absolute atomic E-state index is 12.2. The molecule has 0 amide bonds. The van der Waals surface area contributed by atoms with E-state index in [1.54, 1.807) is 12.1 Å². The Morgan fingerprint density at radius 1 is 1.25 bits per heavy atom. The van der Waals surface area contributed by atoms with Gasteiger partial charge in [0.2, 0.25) is 10.0 Å². The number of benzene rings is 1. The van der Waals surface area contributed by atoms with E-state index in [4.69, 9.17) is 0 Å². The molecule has 9 heteroatoms. The lowest BCUT2D eigenvalue weighted by Crippen LogP contribution is -2.36. The molecule has 0 atom stereocenters. The minimum atomic E-state index is -3.72. The molecule has 1 heterocycles. The predicted molar refractivity (Wildman–Crippen MR) is 80.0 cm³/mol. The van der Waals surface area contributed by atoms with Crippen molar-refractivity contribution in [2.24, 2.45) is 0 Å². The third-order valence-electron chi connectivity index (χ3n) is 3.18. The number of halogens is 1. The minimum Gasteiger partial charge on any atom is -0.505 e. The summed E-state index contributed by atoms with van der Waals surface area (Å²) in [4.78, 5) is 0. The van der Waals surface area contributed by atoms with Crippen molar-refractivity contribution in [3.05, 3.63) is 22.7 Å². The van der Waals surface area contributed by atoms with Crippen LogP contribution in [0.25, 0.3) is 0 Å². The average molecular weight is 384 g/mol. The normalized spacial score (nSPS) is 19.6. The van der Waals surface area contributed by atoms with Gasteiger partial charge >= 0.3 is 0 Å². The average Bonchev–Trinajstić information content (AvgIpc) is 2.34. The van der Waals surface area contributed by atoms with Gasteiger partial charge in [-0.15, -0.1) is 0 Å². The molecular formula is C11H14BrNO5S2. The molecule has 1 aliphatic rings. The van der Waals surface area contributed by atoms with Crippen LogP contribution >= 0.6 is 15.9 Å². The zero-order valence-corrected chi connectivity index (χ0v) is 13.6. The number of sulfonamides is 1. The van der Waals surface area contributed by atoms with Crippen LogP contribution in [0, 0.1) is 0 Å². The van der Waals surface area contributed by atoms with Crippen LogP contribution in [0.5, 0.6) is 5.75 Å². The lowest BCUT2D eigenvalue weighted by molar-refractivity contribution is 0.474. The SMILES string of the molecule is O=S1(=O)CCC(S(=O)(=O)Nc2cccc(Br)c2O)CC1. The molecule has 6 nitrogen and oxygen atoms in total. The summed E-state index contributed by atoms with van der Waals surface area (Å²) in [5.74, 6) is -0.439. The highest BCUT2D eigenvalue weighted by molar-refractivity contribution is 9.10. The molecular weight excluding hydrogens is 370 g/mol. The molecule has 1 saturated heterocycles. The van der Waals surface area contributed by atoms with Crippen molar-refractivity contribution in [3.63, 3.8) is 0 Å². The summed E-state index contributed by atoms with van der Waals surface area (Å²) < 4.78 is 49.7. The van der Waals surface area contributed by atoms with Crippen LogP contribution in [0.4, 0.5) is 5.69 Å². The molecule has 0 spiro atoms. The van der Waals surface area contributed by atoms with Gasteiger partial charge in [-0.05, 0) is 40.9 Å². The third-order valence-corrected chi connectivity index (χ3v) is 7.39. The van der Waals surface area contributed by atoms with Crippen molar-refractivity contribution in [2.75, 3.05) is 16.2 Å². The van der Waals surface area contributed by atoms with Gasteiger partial charge in [0.25, 0.3) is 0 Å². The van der Waals surface area contributed by atoms with E-state index in [9.17, 15) is 21.9 Å². The first-order valence-corrected chi connectivity index (χ1v) is 10.1. The van der Waals surface area contributed by atoms with E-state index < -0.39 is 25.1 Å². The topological polar surface area (TPSA) is 101 Å². The Bertz CT molecular complexity index is 700. The van der Waals surface area contributed by atoms with Gasteiger partial charge in [0.05, 0.1) is 26.9 Å². The summed E-state index contributed by atoms with van der Waals surface area (Å²) in [7, 11) is -6.83. The summed E-state index contributed by atoms with van der Waals surface area (Å²) in [6.45, 7) is 0. The van der Waals surface area contributed by atoms with Crippen molar-refractivity contribution in [1.82, 2.24) is 0 Å². The quantitative estimate of drug-likeness (QED) is 0.769. The molecule has 2 N–H and O–H groups in total. The first kappa shape index (κ1) is 15.6. The molecule has 1 aliphatic heterocycles. The second-order valence-corrected chi connectivity index (χ2v) is 9.75. The van der Waals surface area contributed by atoms with Gasteiger partial charge in [0.1, 0.15) is 9.84 Å². The number of phenolic OH excluding ortho intramolecular Hbond substituents is 1. The summed E-state index contributed by atoms with van der Waals surface area (Å²) >= 11 is 3.10. The summed E-state index contributed by atoms with van der Waals surface area (Å²) in [6.07, 6.45) is 0.152. The first-order valence-electron chi connectivity index (χ1n) is 5.91. The molecule has 0 unspecified atom stereocenters. The van der Waals surface area contributed by atoms with Gasteiger partial charge in [-0.25, -0.2) is 16.8 Å². The molecule has 0 aliphatic carbocycles. The molecule has 0 bridgehead atoms. The van der Waals surface area contributed by atoms with E-state index in [-0.39, 0.29) is 35.8 Å². The van der Waals surface area contributed by atoms with Crippen LogP contribution in [0.2, 0.25) is 0 Å². The Hall–Kier alpha value is -0.800. The van der Waals surface area contributed by atoms with Gasteiger partial charge in [-0.3, -0.25) is 4.72 Å². The van der Waals surface area contributed by atoms with E-state index >= 15 is 0 Å². The fourth-order valence-corrected chi connectivity index (χ4v) is 5.66. The highest BCUT2D eigenvalue weighted by atomic mass is 79.9. The Labute approximate surface area is 126 Å². The van der Waals surface area contributed by atoms with Crippen LogP contribution in [-0.2, 0) is 19.9 Å². The first-order chi connectivity index (χ1) is 9.21. The number of phenols is 1. The number of sulfone groups is 1. The molecule has 1 fully saturated rings. The van der Waals surface area contributed by atoms with E-state index in [1.807, 2.05) is 0 Å². The molecule has 0 radical (unpaired) electrons. The zero-order valence-electron chi connectivity index (χ0n) is 10.4. The monoisotopic (exact) mass is 383 g/mol. The van der Waals surface area contributed by atoms with Crippen molar-refractivity contribution >= 4 is 41.5 Å². The van der Waals surface area contributed by atoms with Gasteiger partial charge in [0.15, 0.2) is 5.75 Å². The van der Waals surface area contributed by atoms with Crippen LogP contribution in [0.15, 0.2) is 22.7 Å². The standard InChI is InChI=1S/C11H14BrNO5S2/c12-9-2-1-3-10(11(9)14)13-20(17,18)8-4-6-19(15,16)7-5-8/h1-3,8,13-14H,4-7H2. The number of aromatic hydroxyl groups is 1. The maximum Gasteiger partial charge on any atom is 0.235 e. The largest absolute Gasteiger partial charge is 0.505 e. The Balaban J connectivity index is 2.18. The number of para-hydroxylation sites is 1. The predicted octanol–water partition coefficient (Wildman–Crippen LogP) is 1.47. The van der Waals surface area contributed by atoms with Crippen molar-refractivity contribution in [3.8, 4) is 5.75 Å². The minimum absolute atomic E-state index is 0.0758. The van der Waals surface area contributed by atoms with Gasteiger partial charge in [-0.1, -0.05) is 6.07 Å². The Morgan fingerprint density at radius 2 is 1.85 bits per heavy atom. The summed E-state index contributed by atoms with van der Waals surface area (Å²) in [6, 6.07) is 4.62. The maximum atomic E-state index is 12.2. The summed E-state index contributed by atoms with van der Waals surface area (Å²) in [5, 5.41) is 9.01. The number of hydrogen-bond acceptors (Lipinski definition) is 5. The van der Waals surface area contributed by atoms with Gasteiger partial charge in [0, 0.05) is 0 Å². The van der Waals surface area contributed by atoms with Crippen molar-refractivity contribution in [2.45, 2.75) is 18.1 Å². The molecule has 2 rings (SSSR count). The number of nitrogens with one attached hydrogen (secondary N) is 1. The summed E-state index contributed by atoms with van der Waals surface area (Å²) in [5.41, 5.74) is 0.0767. The molecule has 20 heavy (non-hydrogen) atoms. The highest BCUT2D eigenvalue weighted by Gasteiger charge is 2.33. The zero-order chi connectivity index (χ0) is 15.0. The molecule has 1 aromatic carbocycles. The molecule has 1 aromatic rings. The van der Waals surface area contributed by atoms with Crippen molar-refractivity contribution in [1.29, 1.82) is 0 Å². The fourth-order valence-electron chi connectivity index (χ4n) is 2.01. The second kappa shape index (κ2) is 5.53. The van der Waals surface area contributed by atoms with E-state index in [0.29, 0.717) is 4.47 Å². The second-order valence-electron chi connectivity index (χ2n) is 4.63. The van der Waals surface area contributed by atoms with E-state index in [0.717, 1.165) is 0 Å². The number of rotatable bonds is 3. The van der Waals surface area contributed by atoms with Gasteiger partial charge in [-0.2, -0.15) is 0 Å². The van der Waals surface area contributed by atoms with Crippen LogP contribution < -0.4 is 4.72 Å². The number of hydrogen-bond donors (Lipinski definition) is 2. The van der Waals surface area contributed by atoms with E-state index in [1.165, 1.54) is 6.07 Å². The Morgan fingerprint density at radius 3 is 2.45 bits per heavy atom. The fraction of sp³-hybridized carbons (Fsp3) is 0.455. The lowest BCUT2D eigenvalue weighted by atomic mass is 10.2. The van der Waals surface area contributed by atoms with Gasteiger partial charge < -0.3 is 5.11 Å². The van der Waals surface area contributed by atoms with E-state index in [2.05, 4.69) is 20.7 Å². The highest BCUT2D eigenvalue weighted by Crippen LogP contribution is 2.33. The van der Waals surface area contributed by atoms with Crippen LogP contribution in [0.3, 0.4) is 0 Å².